The van der Waals surface area contributed by atoms with Gasteiger partial charge in [-0.15, -0.1) is 0 Å². The first-order valence-electron chi connectivity index (χ1n) is 8.18. The van der Waals surface area contributed by atoms with Crippen LogP contribution in [0, 0.1) is 5.92 Å². The Balaban J connectivity index is 4.68. The Morgan fingerprint density at radius 2 is 1.43 bits per heavy atom. The van der Waals surface area contributed by atoms with Gasteiger partial charge in [0.1, 0.15) is 0 Å². The lowest BCUT2D eigenvalue weighted by Crippen LogP contribution is -2.15. The van der Waals surface area contributed by atoms with Gasteiger partial charge in [-0.25, -0.2) is 0 Å². The van der Waals surface area contributed by atoms with Crippen molar-refractivity contribution in [3.8, 4) is 0 Å². The second-order valence-electron chi connectivity index (χ2n) is 6.10. The molecule has 0 heterocycles. The topological polar surface area (TPSA) is 52.6 Å². The fourth-order valence-corrected chi connectivity index (χ4v) is 6.35. The molecule has 0 amide bonds. The molecule has 0 aliphatic heterocycles. The van der Waals surface area contributed by atoms with E-state index >= 15 is 0 Å². The zero-order valence-corrected chi connectivity index (χ0v) is 16.3. The molecule has 128 valence electrons. The Labute approximate surface area is 131 Å². The van der Waals surface area contributed by atoms with E-state index in [4.69, 9.17) is 9.05 Å². The van der Waals surface area contributed by atoms with Gasteiger partial charge in [-0.3, -0.25) is 4.57 Å². The third-order valence-corrected chi connectivity index (χ3v) is 6.96. The number of unbranched alkanes of at least 4 members (excludes halogenated alkanes) is 3. The van der Waals surface area contributed by atoms with Gasteiger partial charge in [-0.05, 0) is 39.5 Å². The highest BCUT2D eigenvalue weighted by molar-refractivity contribution is 7.62. The number of rotatable bonds is 13. The maximum atomic E-state index is 12.7. The SMILES string of the molecule is CCCCCCC(CP(C)(C)=O)CP(=O)(OCC)OCC. The van der Waals surface area contributed by atoms with Crippen molar-refractivity contribution in [1.29, 1.82) is 0 Å². The molecule has 0 spiro atoms. The average molecular weight is 340 g/mol. The van der Waals surface area contributed by atoms with E-state index in [9.17, 15) is 9.13 Å². The predicted octanol–water partition coefficient (Wildman–Crippen LogP) is 5.46. The van der Waals surface area contributed by atoms with Crippen LogP contribution >= 0.6 is 14.7 Å². The van der Waals surface area contributed by atoms with Gasteiger partial charge in [0.05, 0.1) is 26.5 Å². The Hall–Kier alpha value is 0.380. The molecule has 0 saturated carbocycles. The number of hydrogen-bond acceptors (Lipinski definition) is 4. The second kappa shape index (κ2) is 11.0. The molecule has 0 aromatic carbocycles. The fraction of sp³-hybridized carbons (Fsp3) is 1.00. The molecule has 0 aliphatic carbocycles. The quantitative estimate of drug-likeness (QED) is 0.330. The molecule has 1 atom stereocenters. The first-order valence-corrected chi connectivity index (χ1v) is 12.7. The summed E-state index contributed by atoms with van der Waals surface area (Å²) >= 11 is 0. The van der Waals surface area contributed by atoms with Gasteiger partial charge < -0.3 is 13.6 Å². The highest BCUT2D eigenvalue weighted by Gasteiger charge is 2.30. The van der Waals surface area contributed by atoms with Crippen LogP contribution in [-0.2, 0) is 18.2 Å². The first kappa shape index (κ1) is 21.4. The van der Waals surface area contributed by atoms with Gasteiger partial charge in [0, 0.05) is 6.16 Å². The lowest BCUT2D eigenvalue weighted by Gasteiger charge is -2.24. The van der Waals surface area contributed by atoms with Crippen LogP contribution in [0.15, 0.2) is 0 Å². The summed E-state index contributed by atoms with van der Waals surface area (Å²) < 4.78 is 35.6. The minimum Gasteiger partial charge on any atom is -0.324 e. The van der Waals surface area contributed by atoms with Crippen molar-refractivity contribution in [3.05, 3.63) is 0 Å². The normalized spacial score (nSPS) is 14.3. The minimum atomic E-state index is -3.04. The fourth-order valence-electron chi connectivity index (χ4n) is 2.57. The Morgan fingerprint density at radius 1 is 0.857 bits per heavy atom. The molecular weight excluding hydrogens is 306 g/mol. The Kier molecular flexibility index (Phi) is 11.2. The standard InChI is InChI=1S/C15H34O4P2/c1-6-9-10-11-12-15(13-20(4,5)16)14-21(17,18-7-2)19-8-3/h15H,6-14H2,1-5H3. The monoisotopic (exact) mass is 340 g/mol. The molecule has 0 saturated heterocycles. The summed E-state index contributed by atoms with van der Waals surface area (Å²) in [5.74, 6) is 0.159. The lowest BCUT2D eigenvalue weighted by molar-refractivity contribution is 0.216. The molecule has 0 radical (unpaired) electrons. The highest BCUT2D eigenvalue weighted by atomic mass is 31.2. The van der Waals surface area contributed by atoms with Crippen molar-refractivity contribution >= 4 is 14.7 Å². The largest absolute Gasteiger partial charge is 0.330 e. The van der Waals surface area contributed by atoms with Gasteiger partial charge in [0.25, 0.3) is 0 Å². The van der Waals surface area contributed by atoms with E-state index < -0.39 is 14.7 Å². The van der Waals surface area contributed by atoms with Crippen LogP contribution in [0.5, 0.6) is 0 Å². The molecule has 0 N–H and O–H groups in total. The maximum Gasteiger partial charge on any atom is 0.330 e. The van der Waals surface area contributed by atoms with Gasteiger partial charge in [-0.1, -0.05) is 32.6 Å². The van der Waals surface area contributed by atoms with Crippen LogP contribution in [0.4, 0.5) is 0 Å². The zero-order chi connectivity index (χ0) is 16.4. The Morgan fingerprint density at radius 3 is 1.86 bits per heavy atom. The third-order valence-electron chi connectivity index (χ3n) is 3.30. The van der Waals surface area contributed by atoms with Gasteiger partial charge in [0.2, 0.25) is 0 Å². The molecule has 0 fully saturated rings. The van der Waals surface area contributed by atoms with Crippen molar-refractivity contribution in [3.63, 3.8) is 0 Å². The summed E-state index contributed by atoms with van der Waals surface area (Å²) in [5, 5.41) is 0. The van der Waals surface area contributed by atoms with E-state index in [1.54, 1.807) is 13.3 Å². The summed E-state index contributed by atoms with van der Waals surface area (Å²) in [6, 6.07) is 0. The van der Waals surface area contributed by atoms with Crippen molar-refractivity contribution in [2.24, 2.45) is 5.92 Å². The molecule has 0 aliphatic rings. The average Bonchev–Trinajstić information content (AvgIpc) is 2.33. The second-order valence-corrected chi connectivity index (χ2v) is 11.7. The van der Waals surface area contributed by atoms with Gasteiger partial charge in [0.15, 0.2) is 0 Å². The lowest BCUT2D eigenvalue weighted by atomic mass is 10.0. The molecule has 6 heteroatoms. The summed E-state index contributed by atoms with van der Waals surface area (Å²) in [6.45, 7) is 10.2. The molecule has 0 aromatic heterocycles. The van der Waals surface area contributed by atoms with E-state index in [-0.39, 0.29) is 5.92 Å². The first-order chi connectivity index (χ1) is 9.76. The van der Waals surface area contributed by atoms with Crippen LogP contribution in [0.25, 0.3) is 0 Å². The summed E-state index contributed by atoms with van der Waals surface area (Å²) in [7, 11) is -5.17. The van der Waals surface area contributed by atoms with Gasteiger partial charge >= 0.3 is 7.60 Å². The van der Waals surface area contributed by atoms with Crippen molar-refractivity contribution in [1.82, 2.24) is 0 Å². The van der Waals surface area contributed by atoms with Crippen molar-refractivity contribution in [2.45, 2.75) is 52.9 Å². The summed E-state index contributed by atoms with van der Waals surface area (Å²) in [4.78, 5) is 0. The molecule has 0 aromatic rings. The molecule has 21 heavy (non-hydrogen) atoms. The molecule has 0 rings (SSSR count). The minimum absolute atomic E-state index is 0.159. The van der Waals surface area contributed by atoms with Crippen LogP contribution < -0.4 is 0 Å². The smallest absolute Gasteiger partial charge is 0.324 e. The van der Waals surface area contributed by atoms with Crippen LogP contribution in [0.2, 0.25) is 0 Å². The zero-order valence-electron chi connectivity index (χ0n) is 14.5. The maximum absolute atomic E-state index is 12.7. The van der Waals surface area contributed by atoms with Crippen LogP contribution in [0.3, 0.4) is 0 Å². The predicted molar refractivity (Wildman–Crippen MR) is 92.3 cm³/mol. The van der Waals surface area contributed by atoms with Crippen molar-refractivity contribution in [2.75, 3.05) is 38.9 Å². The van der Waals surface area contributed by atoms with E-state index in [0.717, 1.165) is 12.8 Å². The molecular formula is C15H34O4P2. The number of hydrogen-bond donors (Lipinski definition) is 0. The summed E-state index contributed by atoms with van der Waals surface area (Å²) in [5.41, 5.74) is 0. The van der Waals surface area contributed by atoms with E-state index in [1.807, 2.05) is 13.8 Å². The molecule has 4 nitrogen and oxygen atoms in total. The molecule has 0 bridgehead atoms. The van der Waals surface area contributed by atoms with E-state index in [1.165, 1.54) is 19.3 Å². The molecule has 1 unspecified atom stereocenters. The van der Waals surface area contributed by atoms with E-state index in [0.29, 0.717) is 25.5 Å². The van der Waals surface area contributed by atoms with Crippen LogP contribution in [0.1, 0.15) is 52.9 Å². The third kappa shape index (κ3) is 11.6. The summed E-state index contributed by atoms with van der Waals surface area (Å²) in [6.07, 6.45) is 6.67. The van der Waals surface area contributed by atoms with Crippen LogP contribution in [-0.4, -0.2) is 38.9 Å². The van der Waals surface area contributed by atoms with Crippen molar-refractivity contribution < 1.29 is 18.2 Å². The van der Waals surface area contributed by atoms with Gasteiger partial charge in [-0.2, -0.15) is 0 Å². The highest BCUT2D eigenvalue weighted by Crippen LogP contribution is 2.52. The van der Waals surface area contributed by atoms with E-state index in [2.05, 4.69) is 6.92 Å². The Bertz CT molecular complexity index is 342.